The number of nitrogens with zero attached hydrogens (tertiary/aromatic N) is 3. The van der Waals surface area contributed by atoms with Crippen molar-refractivity contribution in [2.45, 2.75) is 58.7 Å². The second-order valence-electron chi connectivity index (χ2n) is 5.43. The molecule has 1 fully saturated rings. The minimum absolute atomic E-state index is 0.00909. The first-order chi connectivity index (χ1) is 9.02. The largest absolute Gasteiger partial charge is 0.461 e. The van der Waals surface area contributed by atoms with Crippen LogP contribution >= 0.6 is 0 Å². The monoisotopic (exact) mass is 266 g/mol. The van der Waals surface area contributed by atoms with E-state index in [1.165, 1.54) is 12.8 Å². The molecular formula is C13H22N4O2. The van der Waals surface area contributed by atoms with Crippen molar-refractivity contribution >= 4 is 5.95 Å². The number of aromatic nitrogens is 3. The Morgan fingerprint density at radius 2 is 1.68 bits per heavy atom. The molecule has 19 heavy (non-hydrogen) atoms. The van der Waals surface area contributed by atoms with Gasteiger partial charge in [-0.2, -0.15) is 9.97 Å². The molecule has 0 unspecified atom stereocenters. The summed E-state index contributed by atoms with van der Waals surface area (Å²) in [5, 5.41) is 0. The lowest BCUT2D eigenvalue weighted by atomic mass is 9.89. The fraction of sp³-hybridized carbons (Fsp3) is 0.769. The lowest BCUT2D eigenvalue weighted by molar-refractivity contribution is 0.121. The van der Waals surface area contributed by atoms with Gasteiger partial charge in [0.15, 0.2) is 0 Å². The molecule has 6 heteroatoms. The summed E-state index contributed by atoms with van der Waals surface area (Å²) in [5.41, 5.74) is 5.64. The molecule has 0 saturated heterocycles. The Labute approximate surface area is 113 Å². The maximum absolute atomic E-state index is 5.78. The van der Waals surface area contributed by atoms with Crippen LogP contribution in [0.4, 0.5) is 5.95 Å². The minimum Gasteiger partial charge on any atom is -0.461 e. The molecule has 0 amide bonds. The molecule has 0 atom stereocenters. The first-order valence-electron chi connectivity index (χ1n) is 6.88. The molecule has 0 aliphatic heterocycles. The van der Waals surface area contributed by atoms with Gasteiger partial charge >= 0.3 is 12.0 Å². The summed E-state index contributed by atoms with van der Waals surface area (Å²) in [5.74, 6) is 0.910. The van der Waals surface area contributed by atoms with Gasteiger partial charge in [-0.15, -0.1) is 4.98 Å². The van der Waals surface area contributed by atoms with Crippen LogP contribution in [0.25, 0.3) is 0 Å². The molecule has 0 aromatic carbocycles. The molecule has 1 saturated carbocycles. The van der Waals surface area contributed by atoms with Gasteiger partial charge in [-0.3, -0.25) is 0 Å². The van der Waals surface area contributed by atoms with Crippen LogP contribution in [0.15, 0.2) is 0 Å². The van der Waals surface area contributed by atoms with Crippen molar-refractivity contribution in [1.29, 1.82) is 0 Å². The van der Waals surface area contributed by atoms with Crippen LogP contribution in [0.1, 0.15) is 46.5 Å². The van der Waals surface area contributed by atoms with Gasteiger partial charge in [0.25, 0.3) is 0 Å². The van der Waals surface area contributed by atoms with Crippen molar-refractivity contribution in [3.63, 3.8) is 0 Å². The number of hydrogen-bond donors (Lipinski definition) is 1. The van der Waals surface area contributed by atoms with Gasteiger partial charge in [0.2, 0.25) is 5.95 Å². The maximum Gasteiger partial charge on any atom is 0.324 e. The average molecular weight is 266 g/mol. The summed E-state index contributed by atoms with van der Waals surface area (Å²) in [7, 11) is 0. The number of ether oxygens (including phenoxy) is 2. The van der Waals surface area contributed by atoms with Crippen LogP contribution in [0.2, 0.25) is 0 Å². The highest BCUT2D eigenvalue weighted by Gasteiger charge is 2.21. The highest BCUT2D eigenvalue weighted by atomic mass is 16.5. The van der Waals surface area contributed by atoms with E-state index in [0.29, 0.717) is 0 Å². The Hall–Kier alpha value is -1.59. The lowest BCUT2D eigenvalue weighted by Gasteiger charge is -2.25. The van der Waals surface area contributed by atoms with Gasteiger partial charge in [-0.25, -0.2) is 0 Å². The number of rotatable bonds is 4. The van der Waals surface area contributed by atoms with Crippen LogP contribution in [0.5, 0.6) is 12.0 Å². The molecule has 1 heterocycles. The first-order valence-corrected chi connectivity index (χ1v) is 6.88. The van der Waals surface area contributed by atoms with Gasteiger partial charge in [-0.1, -0.05) is 6.92 Å². The van der Waals surface area contributed by atoms with Crippen LogP contribution in [0, 0.1) is 5.92 Å². The molecule has 0 radical (unpaired) electrons. The zero-order chi connectivity index (χ0) is 13.8. The predicted molar refractivity (Wildman–Crippen MR) is 72.1 cm³/mol. The van der Waals surface area contributed by atoms with E-state index >= 15 is 0 Å². The zero-order valence-electron chi connectivity index (χ0n) is 11.8. The van der Waals surface area contributed by atoms with Gasteiger partial charge in [0, 0.05) is 0 Å². The third-order valence-corrected chi connectivity index (χ3v) is 3.19. The minimum atomic E-state index is -0.00909. The molecule has 1 aromatic rings. The van der Waals surface area contributed by atoms with E-state index in [1.807, 2.05) is 13.8 Å². The van der Waals surface area contributed by atoms with E-state index in [9.17, 15) is 0 Å². The molecule has 2 N–H and O–H groups in total. The highest BCUT2D eigenvalue weighted by Crippen LogP contribution is 2.26. The summed E-state index contributed by atoms with van der Waals surface area (Å²) >= 11 is 0. The first kappa shape index (κ1) is 13.8. The third-order valence-electron chi connectivity index (χ3n) is 3.19. The van der Waals surface area contributed by atoms with Gasteiger partial charge in [-0.05, 0) is 45.4 Å². The number of hydrogen-bond acceptors (Lipinski definition) is 6. The van der Waals surface area contributed by atoms with Gasteiger partial charge < -0.3 is 15.2 Å². The number of nitrogens with two attached hydrogens (primary N) is 1. The summed E-state index contributed by atoms with van der Waals surface area (Å²) in [6, 6.07) is 0.490. The molecule has 0 bridgehead atoms. The molecule has 0 spiro atoms. The quantitative estimate of drug-likeness (QED) is 0.899. The molecule has 6 nitrogen and oxygen atoms in total. The Morgan fingerprint density at radius 1 is 1.05 bits per heavy atom. The van der Waals surface area contributed by atoms with E-state index in [2.05, 4.69) is 21.9 Å². The molecular weight excluding hydrogens is 244 g/mol. The van der Waals surface area contributed by atoms with Crippen molar-refractivity contribution in [2.24, 2.45) is 5.92 Å². The average Bonchev–Trinajstić information content (AvgIpc) is 2.30. The van der Waals surface area contributed by atoms with Crippen LogP contribution in [-0.2, 0) is 0 Å². The molecule has 106 valence electrons. The summed E-state index contributed by atoms with van der Waals surface area (Å²) in [4.78, 5) is 12.1. The van der Waals surface area contributed by atoms with Crippen molar-refractivity contribution in [3.8, 4) is 12.0 Å². The van der Waals surface area contributed by atoms with E-state index in [4.69, 9.17) is 15.2 Å². The van der Waals surface area contributed by atoms with Gasteiger partial charge in [0.05, 0.1) is 6.10 Å². The fourth-order valence-electron chi connectivity index (χ4n) is 2.17. The molecule has 1 aliphatic carbocycles. The third kappa shape index (κ3) is 4.22. The molecule has 2 rings (SSSR count). The Bertz CT molecular complexity index is 417. The summed E-state index contributed by atoms with van der Waals surface area (Å²) in [6.07, 6.45) is 4.59. The van der Waals surface area contributed by atoms with Gasteiger partial charge in [0.1, 0.15) is 6.10 Å². The van der Waals surface area contributed by atoms with E-state index in [-0.39, 0.29) is 30.2 Å². The second-order valence-corrected chi connectivity index (χ2v) is 5.43. The highest BCUT2D eigenvalue weighted by molar-refractivity contribution is 5.20. The molecule has 1 aliphatic rings. The standard InChI is InChI=1S/C13H22N4O2/c1-8(2)18-12-15-11(14)16-13(17-12)19-10-6-4-9(3)5-7-10/h8-10H,4-7H2,1-3H3,(H2,14,15,16,17). The Morgan fingerprint density at radius 3 is 2.32 bits per heavy atom. The second kappa shape index (κ2) is 6.04. The van der Waals surface area contributed by atoms with Crippen molar-refractivity contribution in [2.75, 3.05) is 5.73 Å². The smallest absolute Gasteiger partial charge is 0.324 e. The Balaban J connectivity index is 2.01. The number of nitrogen functional groups attached to an aromatic ring is 1. The summed E-state index contributed by atoms with van der Waals surface area (Å²) < 4.78 is 11.2. The van der Waals surface area contributed by atoms with E-state index < -0.39 is 0 Å². The van der Waals surface area contributed by atoms with E-state index in [1.54, 1.807) is 0 Å². The van der Waals surface area contributed by atoms with Crippen molar-refractivity contribution in [3.05, 3.63) is 0 Å². The van der Waals surface area contributed by atoms with Crippen molar-refractivity contribution < 1.29 is 9.47 Å². The Kier molecular flexibility index (Phi) is 4.39. The fourth-order valence-corrected chi connectivity index (χ4v) is 2.17. The normalized spacial score (nSPS) is 23.4. The number of anilines is 1. The van der Waals surface area contributed by atoms with E-state index in [0.717, 1.165) is 18.8 Å². The SMILES string of the molecule is CC1CCC(Oc2nc(N)nc(OC(C)C)n2)CC1. The van der Waals surface area contributed by atoms with Crippen LogP contribution < -0.4 is 15.2 Å². The predicted octanol–water partition coefficient (Wildman–Crippen LogP) is 2.20. The molecule has 1 aromatic heterocycles. The zero-order valence-corrected chi connectivity index (χ0v) is 11.8. The van der Waals surface area contributed by atoms with Crippen LogP contribution in [0.3, 0.4) is 0 Å². The van der Waals surface area contributed by atoms with Crippen LogP contribution in [-0.4, -0.2) is 27.2 Å². The maximum atomic E-state index is 5.78. The lowest BCUT2D eigenvalue weighted by Crippen LogP contribution is -2.24. The summed E-state index contributed by atoms with van der Waals surface area (Å²) in [6.45, 7) is 6.08. The topological polar surface area (TPSA) is 83.2 Å². The van der Waals surface area contributed by atoms with Crippen molar-refractivity contribution in [1.82, 2.24) is 15.0 Å².